The highest BCUT2D eigenvalue weighted by molar-refractivity contribution is 7.99. The number of benzene rings is 2. The summed E-state index contributed by atoms with van der Waals surface area (Å²) in [6.45, 7) is 4.29. The van der Waals surface area contributed by atoms with Gasteiger partial charge >= 0.3 is 0 Å². The smallest absolute Gasteiger partial charge is 0.175 e. The van der Waals surface area contributed by atoms with Crippen LogP contribution in [0.15, 0.2) is 47.4 Å². The molecule has 0 spiro atoms. The number of Topliss-reactive ketones (excluding diaryl/α,β-unsaturated/α-hetero) is 1. The van der Waals surface area contributed by atoms with Gasteiger partial charge in [-0.05, 0) is 48.2 Å². The van der Waals surface area contributed by atoms with Gasteiger partial charge in [0.1, 0.15) is 5.75 Å². The minimum atomic E-state index is -0.434. The number of aryl methyl sites for hydroxylation is 1. The van der Waals surface area contributed by atoms with E-state index in [2.05, 4.69) is 26.0 Å². The summed E-state index contributed by atoms with van der Waals surface area (Å²) in [6.07, 6.45) is 3.00. The lowest BCUT2D eigenvalue weighted by atomic mass is 9.73. The second kappa shape index (κ2) is 7.02. The Bertz CT molecular complexity index is 736. The van der Waals surface area contributed by atoms with Crippen molar-refractivity contribution >= 4 is 17.5 Å². The number of hydrogen-bond donors (Lipinski definition) is 0. The first kappa shape index (κ1) is 17.1. The van der Waals surface area contributed by atoms with Gasteiger partial charge in [0.05, 0.1) is 12.5 Å². The number of carbonyl (C=O) groups is 1. The maximum atomic E-state index is 13.3. The van der Waals surface area contributed by atoms with Crippen molar-refractivity contribution in [2.45, 2.75) is 43.4 Å². The molecule has 0 amide bonds. The van der Waals surface area contributed by atoms with Gasteiger partial charge in [-0.1, -0.05) is 38.5 Å². The molecule has 0 aromatic heterocycles. The van der Waals surface area contributed by atoms with Gasteiger partial charge in [0.2, 0.25) is 0 Å². The number of fused-ring (bicyclic) bond motifs is 1. The third-order valence-corrected chi connectivity index (χ3v) is 6.27. The number of rotatable bonds is 5. The van der Waals surface area contributed by atoms with Crippen molar-refractivity contribution < 1.29 is 9.53 Å². The van der Waals surface area contributed by atoms with Crippen molar-refractivity contribution in [1.82, 2.24) is 0 Å². The molecule has 0 radical (unpaired) electrons. The average molecular weight is 340 g/mol. The van der Waals surface area contributed by atoms with Crippen LogP contribution in [0.5, 0.6) is 5.75 Å². The van der Waals surface area contributed by atoms with Crippen molar-refractivity contribution in [2.75, 3.05) is 12.9 Å². The number of hydrogen-bond acceptors (Lipinski definition) is 3. The zero-order chi connectivity index (χ0) is 17.2. The Hall–Kier alpha value is -1.74. The van der Waals surface area contributed by atoms with Gasteiger partial charge in [-0.25, -0.2) is 0 Å². The minimum Gasteiger partial charge on any atom is -0.497 e. The fourth-order valence-corrected chi connectivity index (χ4v) is 4.89. The van der Waals surface area contributed by atoms with Gasteiger partial charge in [-0.2, -0.15) is 0 Å². The van der Waals surface area contributed by atoms with Crippen molar-refractivity contribution in [3.05, 3.63) is 59.2 Å². The number of methoxy groups -OCH3 is 1. The molecule has 0 aliphatic carbocycles. The molecule has 3 rings (SSSR count). The zero-order valence-corrected chi connectivity index (χ0v) is 15.4. The second-order valence-electron chi connectivity index (χ2n) is 6.36. The van der Waals surface area contributed by atoms with E-state index >= 15 is 0 Å². The highest BCUT2D eigenvalue weighted by atomic mass is 32.2. The standard InChI is InChI=1S/C21H24O2S/c1-4-6-15-7-12-18-19(13-15)24-14-21(5-2,20(18)22)16-8-10-17(23-3)11-9-16/h7-13H,4-6,14H2,1-3H3. The minimum absolute atomic E-state index is 0.256. The molecule has 0 saturated heterocycles. The molecule has 0 saturated carbocycles. The Balaban J connectivity index is 2.00. The molecule has 1 atom stereocenters. The number of ketones is 1. The molecule has 126 valence electrons. The summed E-state index contributed by atoms with van der Waals surface area (Å²) >= 11 is 1.82. The first-order chi connectivity index (χ1) is 11.6. The van der Waals surface area contributed by atoms with Crippen LogP contribution in [0.4, 0.5) is 0 Å². The van der Waals surface area contributed by atoms with Crippen molar-refractivity contribution in [3.8, 4) is 5.75 Å². The average Bonchev–Trinajstić information content (AvgIpc) is 2.63. The molecule has 1 heterocycles. The number of ether oxygens (including phenoxy) is 1. The Labute approximate surface area is 148 Å². The topological polar surface area (TPSA) is 26.3 Å². The van der Waals surface area contributed by atoms with E-state index < -0.39 is 5.41 Å². The predicted octanol–water partition coefficient (Wildman–Crippen LogP) is 5.28. The van der Waals surface area contributed by atoms with Crippen molar-refractivity contribution in [3.63, 3.8) is 0 Å². The van der Waals surface area contributed by atoms with E-state index in [1.807, 2.05) is 42.1 Å². The first-order valence-electron chi connectivity index (χ1n) is 8.59. The van der Waals surface area contributed by atoms with E-state index in [1.165, 1.54) is 5.56 Å². The van der Waals surface area contributed by atoms with Crippen LogP contribution in [0.3, 0.4) is 0 Å². The van der Waals surface area contributed by atoms with E-state index in [4.69, 9.17) is 4.74 Å². The molecule has 1 aliphatic heterocycles. The molecule has 2 nitrogen and oxygen atoms in total. The Kier molecular flexibility index (Phi) is 5.00. The Morgan fingerprint density at radius 3 is 2.50 bits per heavy atom. The van der Waals surface area contributed by atoms with Crippen LogP contribution in [-0.2, 0) is 11.8 Å². The van der Waals surface area contributed by atoms with E-state index in [0.717, 1.165) is 46.8 Å². The molecule has 24 heavy (non-hydrogen) atoms. The van der Waals surface area contributed by atoms with Crippen LogP contribution in [0.2, 0.25) is 0 Å². The monoisotopic (exact) mass is 340 g/mol. The summed E-state index contributed by atoms with van der Waals surface area (Å²) in [6, 6.07) is 14.3. The fourth-order valence-electron chi connectivity index (χ4n) is 3.43. The zero-order valence-electron chi connectivity index (χ0n) is 14.6. The highest BCUT2D eigenvalue weighted by Gasteiger charge is 2.43. The lowest BCUT2D eigenvalue weighted by Crippen LogP contribution is -2.40. The molecular formula is C21H24O2S. The van der Waals surface area contributed by atoms with Crippen molar-refractivity contribution in [1.29, 1.82) is 0 Å². The first-order valence-corrected chi connectivity index (χ1v) is 9.58. The highest BCUT2D eigenvalue weighted by Crippen LogP contribution is 2.44. The van der Waals surface area contributed by atoms with E-state index in [0.29, 0.717) is 0 Å². The molecule has 1 unspecified atom stereocenters. The molecular weight excluding hydrogens is 316 g/mol. The molecule has 3 heteroatoms. The molecule has 1 aliphatic rings. The van der Waals surface area contributed by atoms with Crippen molar-refractivity contribution in [2.24, 2.45) is 0 Å². The summed E-state index contributed by atoms with van der Waals surface area (Å²) in [7, 11) is 1.66. The molecule has 0 bridgehead atoms. The predicted molar refractivity (Wildman–Crippen MR) is 100 cm³/mol. The normalized spacial score (nSPS) is 19.9. The summed E-state index contributed by atoms with van der Waals surface area (Å²) in [5, 5.41) is 0. The Morgan fingerprint density at radius 1 is 1.12 bits per heavy atom. The second-order valence-corrected chi connectivity index (χ2v) is 7.38. The van der Waals surface area contributed by atoms with Gasteiger partial charge in [-0.15, -0.1) is 11.8 Å². The summed E-state index contributed by atoms with van der Waals surface area (Å²) in [4.78, 5) is 14.5. The molecule has 2 aromatic carbocycles. The SMILES string of the molecule is CCCc1ccc2c(c1)SCC(CC)(c1ccc(OC)cc1)C2=O. The van der Waals surface area contributed by atoms with Crippen LogP contribution in [-0.4, -0.2) is 18.6 Å². The lowest BCUT2D eigenvalue weighted by molar-refractivity contribution is 0.0889. The van der Waals surface area contributed by atoms with E-state index in [1.54, 1.807) is 7.11 Å². The maximum Gasteiger partial charge on any atom is 0.175 e. The third-order valence-electron chi connectivity index (χ3n) is 4.98. The van der Waals surface area contributed by atoms with Crippen LogP contribution >= 0.6 is 11.8 Å². The van der Waals surface area contributed by atoms with Gasteiger partial charge in [0, 0.05) is 16.2 Å². The lowest BCUT2D eigenvalue weighted by Gasteiger charge is -2.36. The maximum absolute atomic E-state index is 13.3. The van der Waals surface area contributed by atoms with Gasteiger partial charge in [0.15, 0.2) is 5.78 Å². The molecule has 0 fully saturated rings. The third kappa shape index (κ3) is 2.86. The van der Waals surface area contributed by atoms with Crippen LogP contribution in [0, 0.1) is 0 Å². The Morgan fingerprint density at radius 2 is 1.88 bits per heavy atom. The summed E-state index contributed by atoms with van der Waals surface area (Å²) in [5.41, 5.74) is 2.86. The fraction of sp³-hybridized carbons (Fsp3) is 0.381. The number of thioether (sulfide) groups is 1. The van der Waals surface area contributed by atoms with E-state index in [9.17, 15) is 4.79 Å². The quantitative estimate of drug-likeness (QED) is 0.740. The van der Waals surface area contributed by atoms with E-state index in [-0.39, 0.29) is 5.78 Å². The van der Waals surface area contributed by atoms with Gasteiger partial charge in [-0.3, -0.25) is 4.79 Å². The summed E-state index contributed by atoms with van der Waals surface area (Å²) < 4.78 is 5.25. The molecule has 0 N–H and O–H groups in total. The summed E-state index contributed by atoms with van der Waals surface area (Å²) in [5.74, 6) is 1.88. The van der Waals surface area contributed by atoms with Gasteiger partial charge in [0.25, 0.3) is 0 Å². The largest absolute Gasteiger partial charge is 0.497 e. The van der Waals surface area contributed by atoms with Crippen LogP contribution in [0.25, 0.3) is 0 Å². The van der Waals surface area contributed by atoms with Crippen LogP contribution < -0.4 is 4.74 Å². The van der Waals surface area contributed by atoms with Crippen LogP contribution in [0.1, 0.15) is 48.2 Å². The van der Waals surface area contributed by atoms with Gasteiger partial charge < -0.3 is 4.74 Å². The molecule has 2 aromatic rings. The number of carbonyl (C=O) groups excluding carboxylic acids is 1.